The molecule has 0 saturated carbocycles. The van der Waals surface area contributed by atoms with E-state index in [2.05, 4.69) is 24.7 Å². The van der Waals surface area contributed by atoms with Crippen molar-refractivity contribution in [1.82, 2.24) is 19.8 Å². The Balaban J connectivity index is 1.30. The summed E-state index contributed by atoms with van der Waals surface area (Å²) in [5, 5.41) is 0. The van der Waals surface area contributed by atoms with Gasteiger partial charge >= 0.3 is 0 Å². The van der Waals surface area contributed by atoms with Crippen molar-refractivity contribution in [2.24, 2.45) is 5.92 Å². The molecule has 1 amide bonds. The van der Waals surface area contributed by atoms with E-state index in [9.17, 15) is 4.79 Å². The lowest BCUT2D eigenvalue weighted by molar-refractivity contribution is -0.138. The number of ether oxygens (including phenoxy) is 1. The average Bonchev–Trinajstić information content (AvgIpc) is 2.75. The van der Waals surface area contributed by atoms with Gasteiger partial charge in [-0.3, -0.25) is 9.69 Å². The monoisotopic (exact) mass is 359 g/mol. The van der Waals surface area contributed by atoms with Crippen LogP contribution >= 0.6 is 0 Å². The highest BCUT2D eigenvalue weighted by Gasteiger charge is 2.34. The van der Waals surface area contributed by atoms with Crippen LogP contribution in [0.2, 0.25) is 0 Å². The number of carbonyl (C=O) groups is 1. The van der Waals surface area contributed by atoms with Gasteiger partial charge in [0, 0.05) is 64.4 Å². The summed E-state index contributed by atoms with van der Waals surface area (Å²) in [4.78, 5) is 28.4. The topological polar surface area (TPSA) is 61.8 Å². The number of aromatic nitrogens is 2. The number of anilines is 1. The zero-order chi connectivity index (χ0) is 17.8. The first kappa shape index (κ1) is 17.7. The minimum absolute atomic E-state index is 0.158. The Hall–Kier alpha value is -1.73. The molecule has 0 spiro atoms. The third kappa shape index (κ3) is 3.99. The van der Waals surface area contributed by atoms with Crippen LogP contribution in [0.25, 0.3) is 0 Å². The van der Waals surface area contributed by atoms with Crippen molar-refractivity contribution in [3.8, 4) is 0 Å². The Morgan fingerprint density at radius 2 is 1.73 bits per heavy atom. The molecule has 0 aliphatic carbocycles. The predicted molar refractivity (Wildman–Crippen MR) is 99.0 cm³/mol. The first-order chi connectivity index (χ1) is 12.8. The summed E-state index contributed by atoms with van der Waals surface area (Å²) in [6, 6.07) is 2.43. The van der Waals surface area contributed by atoms with Gasteiger partial charge in [-0.25, -0.2) is 9.97 Å². The fraction of sp³-hybridized carbons (Fsp3) is 0.737. The number of hydrogen-bond acceptors (Lipinski definition) is 6. The number of amides is 1. The van der Waals surface area contributed by atoms with Gasteiger partial charge in [-0.2, -0.15) is 0 Å². The Bertz CT molecular complexity index is 585. The summed E-state index contributed by atoms with van der Waals surface area (Å²) in [6.07, 6.45) is 7.92. The van der Waals surface area contributed by atoms with E-state index in [-0.39, 0.29) is 5.92 Å². The van der Waals surface area contributed by atoms with Gasteiger partial charge in [0.1, 0.15) is 0 Å². The van der Waals surface area contributed by atoms with Crippen LogP contribution in [0.3, 0.4) is 0 Å². The van der Waals surface area contributed by atoms with Crippen LogP contribution in [-0.4, -0.2) is 84.2 Å². The fourth-order valence-electron chi connectivity index (χ4n) is 4.43. The van der Waals surface area contributed by atoms with Gasteiger partial charge in [0.25, 0.3) is 0 Å². The van der Waals surface area contributed by atoms with Gasteiger partial charge in [0.2, 0.25) is 11.9 Å². The largest absolute Gasteiger partial charge is 0.381 e. The van der Waals surface area contributed by atoms with E-state index in [0.29, 0.717) is 11.9 Å². The number of nitrogens with zero attached hydrogens (tertiary/aromatic N) is 5. The van der Waals surface area contributed by atoms with Crippen molar-refractivity contribution >= 4 is 11.9 Å². The predicted octanol–water partition coefficient (Wildman–Crippen LogP) is 1.02. The molecule has 7 nitrogen and oxygen atoms in total. The van der Waals surface area contributed by atoms with Crippen molar-refractivity contribution in [3.63, 3.8) is 0 Å². The minimum atomic E-state index is 0.158. The van der Waals surface area contributed by atoms with Crippen molar-refractivity contribution in [1.29, 1.82) is 0 Å². The second-order valence-electron chi connectivity index (χ2n) is 7.54. The van der Waals surface area contributed by atoms with Crippen molar-refractivity contribution < 1.29 is 9.53 Å². The van der Waals surface area contributed by atoms with Crippen LogP contribution in [0.5, 0.6) is 0 Å². The molecule has 3 aliphatic rings. The molecule has 4 heterocycles. The van der Waals surface area contributed by atoms with Gasteiger partial charge < -0.3 is 14.5 Å². The molecule has 1 aromatic heterocycles. The molecule has 0 aromatic carbocycles. The van der Waals surface area contributed by atoms with Crippen LogP contribution in [0.4, 0.5) is 5.95 Å². The van der Waals surface area contributed by atoms with Crippen LogP contribution in [0.15, 0.2) is 18.5 Å². The number of hydrogen-bond donors (Lipinski definition) is 0. The normalized spacial score (nSPS) is 26.1. The minimum Gasteiger partial charge on any atom is -0.381 e. The third-order valence-electron chi connectivity index (χ3n) is 5.94. The maximum atomic E-state index is 13.0. The number of piperazine rings is 1. The zero-order valence-corrected chi connectivity index (χ0v) is 15.4. The van der Waals surface area contributed by atoms with Gasteiger partial charge in [-0.15, -0.1) is 0 Å². The number of rotatable bonds is 3. The number of carbonyl (C=O) groups excluding carboxylic acids is 1. The molecular weight excluding hydrogens is 330 g/mol. The van der Waals surface area contributed by atoms with E-state index in [4.69, 9.17) is 4.74 Å². The van der Waals surface area contributed by atoms with E-state index in [0.717, 1.165) is 84.1 Å². The zero-order valence-electron chi connectivity index (χ0n) is 15.4. The van der Waals surface area contributed by atoms with Crippen LogP contribution in [-0.2, 0) is 9.53 Å². The average molecular weight is 359 g/mol. The molecule has 3 fully saturated rings. The summed E-state index contributed by atoms with van der Waals surface area (Å²) in [5.74, 6) is 1.27. The van der Waals surface area contributed by atoms with E-state index in [1.54, 1.807) is 12.4 Å². The molecule has 1 aromatic rings. The summed E-state index contributed by atoms with van der Waals surface area (Å²) < 4.78 is 5.49. The van der Waals surface area contributed by atoms with Crippen LogP contribution in [0.1, 0.15) is 25.7 Å². The molecule has 1 atom stereocenters. The number of likely N-dealkylation sites (tertiary alicyclic amines) is 1. The molecular formula is C19H29N5O2. The molecule has 4 rings (SSSR count). The van der Waals surface area contributed by atoms with E-state index in [1.807, 2.05) is 6.07 Å². The standard InChI is InChI=1S/C19H29N5O2/c25-18(16-3-1-8-24(15-16)17-4-13-26-14-5-17)22-9-11-23(12-10-22)19-20-6-2-7-21-19/h2,6-7,16-17H,1,3-5,8-15H2/t16-/m1/s1. The summed E-state index contributed by atoms with van der Waals surface area (Å²) >= 11 is 0. The molecule has 0 radical (unpaired) electrons. The SMILES string of the molecule is O=C([C@@H]1CCCN(C2CCOCC2)C1)N1CCN(c2ncccn2)CC1. The van der Waals surface area contributed by atoms with E-state index >= 15 is 0 Å². The van der Waals surface area contributed by atoms with E-state index < -0.39 is 0 Å². The summed E-state index contributed by atoms with van der Waals surface area (Å²) in [5.41, 5.74) is 0. The maximum Gasteiger partial charge on any atom is 0.227 e. The van der Waals surface area contributed by atoms with Gasteiger partial charge in [-0.05, 0) is 38.3 Å². The van der Waals surface area contributed by atoms with Gasteiger partial charge in [-0.1, -0.05) is 0 Å². The first-order valence-corrected chi connectivity index (χ1v) is 9.94. The Morgan fingerprint density at radius 1 is 1.00 bits per heavy atom. The molecule has 142 valence electrons. The molecule has 7 heteroatoms. The smallest absolute Gasteiger partial charge is 0.227 e. The molecule has 0 bridgehead atoms. The summed E-state index contributed by atoms with van der Waals surface area (Å²) in [7, 11) is 0. The van der Waals surface area contributed by atoms with Gasteiger partial charge in [0.05, 0.1) is 5.92 Å². The highest BCUT2D eigenvalue weighted by atomic mass is 16.5. The van der Waals surface area contributed by atoms with Crippen molar-refractivity contribution in [2.45, 2.75) is 31.7 Å². The Morgan fingerprint density at radius 3 is 2.46 bits per heavy atom. The van der Waals surface area contributed by atoms with Crippen molar-refractivity contribution in [3.05, 3.63) is 18.5 Å². The third-order valence-corrected chi connectivity index (χ3v) is 5.94. The molecule has 3 saturated heterocycles. The Kier molecular flexibility index (Phi) is 5.65. The second kappa shape index (κ2) is 8.31. The molecule has 0 unspecified atom stereocenters. The van der Waals surface area contributed by atoms with E-state index in [1.165, 1.54) is 0 Å². The Labute approximate surface area is 155 Å². The lowest BCUT2D eigenvalue weighted by Crippen LogP contribution is -2.54. The second-order valence-corrected chi connectivity index (χ2v) is 7.54. The van der Waals surface area contributed by atoms with Crippen LogP contribution in [0, 0.1) is 5.92 Å². The maximum absolute atomic E-state index is 13.0. The molecule has 0 N–H and O–H groups in total. The lowest BCUT2D eigenvalue weighted by Gasteiger charge is -2.42. The summed E-state index contributed by atoms with van der Waals surface area (Å²) in [6.45, 7) is 6.94. The quantitative estimate of drug-likeness (QED) is 0.803. The lowest BCUT2D eigenvalue weighted by atomic mass is 9.93. The highest BCUT2D eigenvalue weighted by molar-refractivity contribution is 5.79. The highest BCUT2D eigenvalue weighted by Crippen LogP contribution is 2.25. The molecule has 26 heavy (non-hydrogen) atoms. The number of piperidine rings is 1. The van der Waals surface area contributed by atoms with Crippen LogP contribution < -0.4 is 4.90 Å². The van der Waals surface area contributed by atoms with Gasteiger partial charge in [0.15, 0.2) is 0 Å². The van der Waals surface area contributed by atoms with Crippen molar-refractivity contribution in [2.75, 3.05) is 57.4 Å². The first-order valence-electron chi connectivity index (χ1n) is 9.94. The fourth-order valence-corrected chi connectivity index (χ4v) is 4.43. The molecule has 3 aliphatic heterocycles.